The Balaban J connectivity index is 3.77. The van der Waals surface area contributed by atoms with Crippen molar-refractivity contribution in [3.63, 3.8) is 0 Å². The van der Waals surface area contributed by atoms with Crippen molar-refractivity contribution in [2.24, 2.45) is 5.92 Å². The Labute approximate surface area is 77.2 Å². The summed E-state index contributed by atoms with van der Waals surface area (Å²) < 4.78 is 0. The summed E-state index contributed by atoms with van der Waals surface area (Å²) in [7, 11) is 0. The molecular weight excluding hydrogens is 146 g/mol. The van der Waals surface area contributed by atoms with Crippen LogP contribution < -0.4 is 5.32 Å². The van der Waals surface area contributed by atoms with Crippen LogP contribution in [0.5, 0.6) is 0 Å². The number of rotatable bonds is 6. The van der Waals surface area contributed by atoms with Crippen LogP contribution in [-0.4, -0.2) is 12.1 Å². The minimum absolute atomic E-state index is 0.577. The molecule has 1 N–H and O–H groups in total. The molecule has 0 fully saturated rings. The minimum atomic E-state index is 0.577. The van der Waals surface area contributed by atoms with E-state index in [2.05, 4.69) is 39.6 Å². The highest BCUT2D eigenvalue weighted by atomic mass is 14.9. The predicted octanol–water partition coefficient (Wildman–Crippen LogP) is 2.98. The van der Waals surface area contributed by atoms with Crippen molar-refractivity contribution in [1.29, 1.82) is 0 Å². The standard InChI is InChI=1S/C11H23N/c1-6-7-11(8-9(2)3)12-10(4)5/h6,9-12H,1,7-8H2,2-5H3. The molecule has 0 heterocycles. The normalized spacial score (nSPS) is 13.8. The second kappa shape index (κ2) is 6.24. The maximum Gasteiger partial charge on any atom is 0.0106 e. The summed E-state index contributed by atoms with van der Waals surface area (Å²) in [6.45, 7) is 12.7. The topological polar surface area (TPSA) is 12.0 Å². The molecule has 0 aliphatic rings. The third-order valence-corrected chi connectivity index (χ3v) is 1.78. The molecule has 0 rings (SSSR count). The fraction of sp³-hybridized carbons (Fsp3) is 0.818. The predicted molar refractivity (Wildman–Crippen MR) is 56.3 cm³/mol. The zero-order valence-corrected chi connectivity index (χ0v) is 8.93. The van der Waals surface area contributed by atoms with Crippen LogP contribution in [0.1, 0.15) is 40.5 Å². The van der Waals surface area contributed by atoms with Crippen molar-refractivity contribution >= 4 is 0 Å². The highest BCUT2D eigenvalue weighted by Crippen LogP contribution is 2.08. The monoisotopic (exact) mass is 169 g/mol. The largest absolute Gasteiger partial charge is 0.311 e. The third kappa shape index (κ3) is 6.41. The van der Waals surface area contributed by atoms with Gasteiger partial charge in [-0.15, -0.1) is 6.58 Å². The van der Waals surface area contributed by atoms with Gasteiger partial charge in [-0.1, -0.05) is 33.8 Å². The smallest absolute Gasteiger partial charge is 0.0106 e. The molecule has 0 saturated carbocycles. The van der Waals surface area contributed by atoms with Crippen LogP contribution in [0.2, 0.25) is 0 Å². The van der Waals surface area contributed by atoms with Gasteiger partial charge in [0.2, 0.25) is 0 Å². The first-order valence-corrected chi connectivity index (χ1v) is 4.93. The van der Waals surface area contributed by atoms with Gasteiger partial charge in [0.15, 0.2) is 0 Å². The lowest BCUT2D eigenvalue weighted by atomic mass is 10.0. The van der Waals surface area contributed by atoms with Crippen LogP contribution in [0.3, 0.4) is 0 Å². The van der Waals surface area contributed by atoms with Crippen LogP contribution in [0.25, 0.3) is 0 Å². The van der Waals surface area contributed by atoms with E-state index in [1.807, 2.05) is 6.08 Å². The Morgan fingerprint density at radius 2 is 1.83 bits per heavy atom. The first kappa shape index (κ1) is 11.7. The zero-order chi connectivity index (χ0) is 9.56. The molecule has 0 aromatic heterocycles. The van der Waals surface area contributed by atoms with Crippen LogP contribution in [0, 0.1) is 5.92 Å². The molecule has 1 nitrogen and oxygen atoms in total. The molecule has 0 aliphatic heterocycles. The van der Waals surface area contributed by atoms with Gasteiger partial charge in [0.1, 0.15) is 0 Å². The molecule has 0 amide bonds. The van der Waals surface area contributed by atoms with E-state index in [1.165, 1.54) is 6.42 Å². The summed E-state index contributed by atoms with van der Waals surface area (Å²) in [6, 6.07) is 1.19. The van der Waals surface area contributed by atoms with Gasteiger partial charge in [0.05, 0.1) is 0 Å². The summed E-state index contributed by atoms with van der Waals surface area (Å²) in [5.41, 5.74) is 0. The van der Waals surface area contributed by atoms with E-state index in [0.717, 1.165) is 12.3 Å². The van der Waals surface area contributed by atoms with E-state index >= 15 is 0 Å². The number of hydrogen-bond donors (Lipinski definition) is 1. The lowest BCUT2D eigenvalue weighted by Crippen LogP contribution is -2.35. The van der Waals surface area contributed by atoms with E-state index in [9.17, 15) is 0 Å². The van der Waals surface area contributed by atoms with Gasteiger partial charge in [-0.3, -0.25) is 0 Å². The van der Waals surface area contributed by atoms with Gasteiger partial charge in [0, 0.05) is 12.1 Å². The average Bonchev–Trinajstić information content (AvgIpc) is 1.84. The van der Waals surface area contributed by atoms with E-state index in [0.29, 0.717) is 12.1 Å². The minimum Gasteiger partial charge on any atom is -0.311 e. The summed E-state index contributed by atoms with van der Waals surface area (Å²) >= 11 is 0. The molecule has 72 valence electrons. The summed E-state index contributed by atoms with van der Waals surface area (Å²) in [5.74, 6) is 0.765. The van der Waals surface area contributed by atoms with Gasteiger partial charge in [-0.25, -0.2) is 0 Å². The molecular formula is C11H23N. The van der Waals surface area contributed by atoms with Gasteiger partial charge >= 0.3 is 0 Å². The van der Waals surface area contributed by atoms with Crippen LogP contribution in [0.4, 0.5) is 0 Å². The average molecular weight is 169 g/mol. The Hall–Kier alpha value is -0.300. The molecule has 0 spiro atoms. The number of hydrogen-bond acceptors (Lipinski definition) is 1. The summed E-state index contributed by atoms with van der Waals surface area (Å²) in [4.78, 5) is 0. The van der Waals surface area contributed by atoms with Crippen molar-refractivity contribution in [2.45, 2.75) is 52.6 Å². The molecule has 0 aromatic carbocycles. The maximum absolute atomic E-state index is 3.78. The fourth-order valence-electron chi connectivity index (χ4n) is 1.47. The zero-order valence-electron chi connectivity index (χ0n) is 8.93. The summed E-state index contributed by atoms with van der Waals surface area (Å²) in [6.07, 6.45) is 4.32. The van der Waals surface area contributed by atoms with Crippen LogP contribution >= 0.6 is 0 Å². The summed E-state index contributed by atoms with van der Waals surface area (Å²) in [5, 5.41) is 3.54. The fourth-order valence-corrected chi connectivity index (χ4v) is 1.47. The van der Waals surface area contributed by atoms with Crippen LogP contribution in [0.15, 0.2) is 12.7 Å². The molecule has 0 bridgehead atoms. The number of nitrogens with one attached hydrogen (secondary N) is 1. The van der Waals surface area contributed by atoms with E-state index in [4.69, 9.17) is 0 Å². The quantitative estimate of drug-likeness (QED) is 0.603. The van der Waals surface area contributed by atoms with Gasteiger partial charge in [0.25, 0.3) is 0 Å². The first-order valence-electron chi connectivity index (χ1n) is 4.93. The van der Waals surface area contributed by atoms with Crippen molar-refractivity contribution in [3.05, 3.63) is 12.7 Å². The second-order valence-electron chi connectivity index (χ2n) is 4.17. The van der Waals surface area contributed by atoms with E-state index in [1.54, 1.807) is 0 Å². The lowest BCUT2D eigenvalue weighted by molar-refractivity contribution is 0.393. The second-order valence-corrected chi connectivity index (χ2v) is 4.17. The maximum atomic E-state index is 3.78. The molecule has 0 saturated heterocycles. The van der Waals surface area contributed by atoms with Crippen molar-refractivity contribution in [2.75, 3.05) is 0 Å². The van der Waals surface area contributed by atoms with Crippen molar-refractivity contribution in [1.82, 2.24) is 5.32 Å². The molecule has 1 atom stereocenters. The van der Waals surface area contributed by atoms with E-state index < -0.39 is 0 Å². The highest BCUT2D eigenvalue weighted by molar-refractivity contribution is 4.79. The Kier molecular flexibility index (Phi) is 6.09. The molecule has 0 radical (unpaired) electrons. The van der Waals surface area contributed by atoms with Crippen LogP contribution in [-0.2, 0) is 0 Å². The molecule has 12 heavy (non-hydrogen) atoms. The molecule has 0 aromatic rings. The molecule has 1 heteroatoms. The molecule has 1 unspecified atom stereocenters. The highest BCUT2D eigenvalue weighted by Gasteiger charge is 2.09. The van der Waals surface area contributed by atoms with Gasteiger partial charge in [-0.2, -0.15) is 0 Å². The Bertz CT molecular complexity index is 106. The SMILES string of the molecule is C=CCC(CC(C)C)NC(C)C. The van der Waals surface area contributed by atoms with Gasteiger partial charge < -0.3 is 5.32 Å². The Morgan fingerprint density at radius 1 is 1.25 bits per heavy atom. The van der Waals surface area contributed by atoms with Crippen molar-refractivity contribution < 1.29 is 0 Å². The van der Waals surface area contributed by atoms with Gasteiger partial charge in [-0.05, 0) is 18.8 Å². The van der Waals surface area contributed by atoms with E-state index in [-0.39, 0.29) is 0 Å². The molecule has 0 aliphatic carbocycles. The third-order valence-electron chi connectivity index (χ3n) is 1.78. The van der Waals surface area contributed by atoms with Crippen molar-refractivity contribution in [3.8, 4) is 0 Å². The Morgan fingerprint density at radius 3 is 2.17 bits per heavy atom. The lowest BCUT2D eigenvalue weighted by Gasteiger charge is -2.21. The first-order chi connectivity index (χ1) is 5.56.